The van der Waals surface area contributed by atoms with Crippen LogP contribution in [0.1, 0.15) is 31.5 Å². The average molecular weight is 246 g/mol. The van der Waals surface area contributed by atoms with Crippen LogP contribution in [-0.4, -0.2) is 18.6 Å². The first-order valence-corrected chi connectivity index (χ1v) is 6.36. The van der Waals surface area contributed by atoms with E-state index >= 15 is 0 Å². The highest BCUT2D eigenvalue weighted by atomic mass is 16.5. The molecule has 0 radical (unpaired) electrons. The van der Waals surface area contributed by atoms with Crippen molar-refractivity contribution in [2.75, 3.05) is 13.7 Å². The standard InChI is InChI=1S/C15H22N2O/c1-10-14(15(2,3)7-8-16)12-9-11(18-4)5-6-13(12)17-10/h5-6,9,17H,7-8,16H2,1-4H3. The van der Waals surface area contributed by atoms with Crippen molar-refractivity contribution < 1.29 is 4.74 Å². The van der Waals surface area contributed by atoms with Gasteiger partial charge in [0.2, 0.25) is 0 Å². The second-order valence-corrected chi connectivity index (χ2v) is 5.46. The molecule has 0 saturated carbocycles. The number of H-pyrrole nitrogens is 1. The third-order valence-corrected chi connectivity index (χ3v) is 3.64. The van der Waals surface area contributed by atoms with Crippen molar-refractivity contribution in [1.82, 2.24) is 4.98 Å². The number of hydrogen-bond donors (Lipinski definition) is 2. The summed E-state index contributed by atoms with van der Waals surface area (Å²) in [4.78, 5) is 3.45. The first kappa shape index (κ1) is 13.0. The second-order valence-electron chi connectivity index (χ2n) is 5.46. The zero-order valence-corrected chi connectivity index (χ0v) is 11.6. The van der Waals surface area contributed by atoms with E-state index in [0.717, 1.165) is 17.7 Å². The molecule has 0 bridgehead atoms. The van der Waals surface area contributed by atoms with Crippen LogP contribution in [0.15, 0.2) is 18.2 Å². The molecule has 2 aromatic rings. The Morgan fingerprint density at radius 2 is 2.06 bits per heavy atom. The van der Waals surface area contributed by atoms with E-state index in [1.165, 1.54) is 16.6 Å². The van der Waals surface area contributed by atoms with Gasteiger partial charge in [-0.3, -0.25) is 0 Å². The Balaban J connectivity index is 2.64. The quantitative estimate of drug-likeness (QED) is 0.871. The Bertz CT molecular complexity index is 555. The number of methoxy groups -OCH3 is 1. The van der Waals surface area contributed by atoms with Gasteiger partial charge in [-0.2, -0.15) is 0 Å². The van der Waals surface area contributed by atoms with E-state index in [0.29, 0.717) is 6.54 Å². The molecular formula is C15H22N2O. The van der Waals surface area contributed by atoms with Crippen molar-refractivity contribution >= 4 is 10.9 Å². The Kier molecular flexibility index (Phi) is 3.35. The van der Waals surface area contributed by atoms with Crippen LogP contribution in [0.5, 0.6) is 5.75 Å². The van der Waals surface area contributed by atoms with Gasteiger partial charge in [0, 0.05) is 16.6 Å². The van der Waals surface area contributed by atoms with Crippen LogP contribution in [0.4, 0.5) is 0 Å². The molecule has 0 aliphatic rings. The van der Waals surface area contributed by atoms with Gasteiger partial charge in [0.1, 0.15) is 5.75 Å². The molecule has 1 aromatic carbocycles. The number of rotatable bonds is 4. The molecule has 18 heavy (non-hydrogen) atoms. The zero-order valence-electron chi connectivity index (χ0n) is 11.6. The van der Waals surface area contributed by atoms with Crippen molar-refractivity contribution in [3.63, 3.8) is 0 Å². The smallest absolute Gasteiger partial charge is 0.119 e. The lowest BCUT2D eigenvalue weighted by Gasteiger charge is -2.25. The number of benzene rings is 1. The van der Waals surface area contributed by atoms with Gasteiger partial charge >= 0.3 is 0 Å². The van der Waals surface area contributed by atoms with Crippen LogP contribution in [0.25, 0.3) is 10.9 Å². The van der Waals surface area contributed by atoms with Gasteiger partial charge < -0.3 is 15.5 Å². The van der Waals surface area contributed by atoms with E-state index in [1.54, 1.807) is 7.11 Å². The molecule has 3 N–H and O–H groups in total. The molecule has 0 fully saturated rings. The highest BCUT2D eigenvalue weighted by Gasteiger charge is 2.25. The normalized spacial score (nSPS) is 12.1. The zero-order chi connectivity index (χ0) is 13.3. The van der Waals surface area contributed by atoms with E-state index < -0.39 is 0 Å². The average Bonchev–Trinajstić information content (AvgIpc) is 2.64. The van der Waals surface area contributed by atoms with Crippen molar-refractivity contribution in [2.45, 2.75) is 32.6 Å². The minimum atomic E-state index is 0.0729. The molecule has 3 nitrogen and oxygen atoms in total. The van der Waals surface area contributed by atoms with Crippen LogP contribution in [0.3, 0.4) is 0 Å². The third-order valence-electron chi connectivity index (χ3n) is 3.64. The minimum Gasteiger partial charge on any atom is -0.497 e. The molecule has 0 amide bonds. The lowest BCUT2D eigenvalue weighted by Crippen LogP contribution is -2.22. The molecule has 0 aliphatic heterocycles. The summed E-state index contributed by atoms with van der Waals surface area (Å²) in [6.07, 6.45) is 0.970. The molecule has 98 valence electrons. The van der Waals surface area contributed by atoms with Crippen LogP contribution in [0, 0.1) is 6.92 Å². The van der Waals surface area contributed by atoms with Crippen LogP contribution in [-0.2, 0) is 5.41 Å². The SMILES string of the molecule is COc1ccc2[nH]c(C)c(C(C)(C)CCN)c2c1. The fourth-order valence-electron chi connectivity index (χ4n) is 2.79. The van der Waals surface area contributed by atoms with E-state index in [1.807, 2.05) is 6.07 Å². The monoisotopic (exact) mass is 246 g/mol. The number of nitrogens with two attached hydrogens (primary N) is 1. The van der Waals surface area contributed by atoms with Gasteiger partial charge in [0.25, 0.3) is 0 Å². The maximum absolute atomic E-state index is 5.74. The molecule has 0 aliphatic carbocycles. The topological polar surface area (TPSA) is 51.0 Å². The highest BCUT2D eigenvalue weighted by molar-refractivity contribution is 5.87. The van der Waals surface area contributed by atoms with Gasteiger partial charge in [-0.05, 0) is 49.1 Å². The van der Waals surface area contributed by atoms with E-state index in [-0.39, 0.29) is 5.41 Å². The van der Waals surface area contributed by atoms with Crippen molar-refractivity contribution in [2.24, 2.45) is 5.73 Å². The summed E-state index contributed by atoms with van der Waals surface area (Å²) in [5.41, 5.74) is 9.54. The summed E-state index contributed by atoms with van der Waals surface area (Å²) >= 11 is 0. The predicted molar refractivity (Wildman–Crippen MR) is 76.3 cm³/mol. The number of aromatic nitrogens is 1. The molecule has 3 heteroatoms. The second kappa shape index (κ2) is 4.65. The van der Waals surface area contributed by atoms with Crippen LogP contribution < -0.4 is 10.5 Å². The summed E-state index contributed by atoms with van der Waals surface area (Å²) in [5.74, 6) is 0.895. The maximum Gasteiger partial charge on any atom is 0.119 e. The summed E-state index contributed by atoms with van der Waals surface area (Å²) in [6, 6.07) is 6.16. The number of fused-ring (bicyclic) bond motifs is 1. The summed E-state index contributed by atoms with van der Waals surface area (Å²) in [6.45, 7) is 7.31. The summed E-state index contributed by atoms with van der Waals surface area (Å²) in [7, 11) is 1.70. The highest BCUT2D eigenvalue weighted by Crippen LogP contribution is 2.36. The van der Waals surface area contributed by atoms with E-state index in [4.69, 9.17) is 10.5 Å². The molecular weight excluding hydrogens is 224 g/mol. The van der Waals surface area contributed by atoms with Gasteiger partial charge in [0.15, 0.2) is 0 Å². The summed E-state index contributed by atoms with van der Waals surface area (Å²) in [5, 5.41) is 1.24. The Morgan fingerprint density at radius 1 is 1.33 bits per heavy atom. The van der Waals surface area contributed by atoms with Gasteiger partial charge in [0.05, 0.1) is 7.11 Å². The number of ether oxygens (including phenoxy) is 1. The third kappa shape index (κ3) is 2.10. The summed E-state index contributed by atoms with van der Waals surface area (Å²) < 4.78 is 5.32. The van der Waals surface area contributed by atoms with Crippen molar-refractivity contribution in [3.8, 4) is 5.75 Å². The Morgan fingerprint density at radius 3 is 2.67 bits per heavy atom. The van der Waals surface area contributed by atoms with Gasteiger partial charge in [-0.1, -0.05) is 13.8 Å². The Hall–Kier alpha value is -1.48. The van der Waals surface area contributed by atoms with E-state index in [2.05, 4.69) is 37.9 Å². The predicted octanol–water partition coefficient (Wildman–Crippen LogP) is 3.11. The molecule has 0 saturated heterocycles. The molecule has 1 aromatic heterocycles. The molecule has 0 spiro atoms. The van der Waals surface area contributed by atoms with Gasteiger partial charge in [-0.15, -0.1) is 0 Å². The molecule has 0 atom stereocenters. The number of aromatic amines is 1. The number of aryl methyl sites for hydroxylation is 1. The van der Waals surface area contributed by atoms with Crippen LogP contribution in [0.2, 0.25) is 0 Å². The fourth-order valence-corrected chi connectivity index (χ4v) is 2.79. The number of hydrogen-bond acceptors (Lipinski definition) is 2. The lowest BCUT2D eigenvalue weighted by atomic mass is 9.80. The van der Waals surface area contributed by atoms with Crippen molar-refractivity contribution in [1.29, 1.82) is 0 Å². The lowest BCUT2D eigenvalue weighted by molar-refractivity contribution is 0.415. The van der Waals surface area contributed by atoms with Gasteiger partial charge in [-0.25, -0.2) is 0 Å². The first-order valence-electron chi connectivity index (χ1n) is 6.36. The Labute approximate surface area is 108 Å². The molecule has 2 rings (SSSR count). The largest absolute Gasteiger partial charge is 0.497 e. The van der Waals surface area contributed by atoms with Crippen LogP contribution >= 0.6 is 0 Å². The first-order chi connectivity index (χ1) is 8.49. The van der Waals surface area contributed by atoms with E-state index in [9.17, 15) is 0 Å². The maximum atomic E-state index is 5.74. The molecule has 0 unspecified atom stereocenters. The minimum absolute atomic E-state index is 0.0729. The fraction of sp³-hybridized carbons (Fsp3) is 0.467. The van der Waals surface area contributed by atoms with Crippen molar-refractivity contribution in [3.05, 3.63) is 29.5 Å². The number of nitrogens with one attached hydrogen (secondary N) is 1. The molecule has 1 heterocycles.